The minimum Gasteiger partial charge on any atom is -0.490 e. The highest BCUT2D eigenvalue weighted by molar-refractivity contribution is 9.10. The van der Waals surface area contributed by atoms with Crippen molar-refractivity contribution in [2.75, 3.05) is 13.2 Å². The maximum Gasteiger partial charge on any atom is 0.175 e. The van der Waals surface area contributed by atoms with Crippen LogP contribution in [0.2, 0.25) is 0 Å². The van der Waals surface area contributed by atoms with E-state index in [0.717, 1.165) is 17.2 Å². The van der Waals surface area contributed by atoms with Crippen LogP contribution in [0.4, 0.5) is 0 Å². The number of rotatable bonds is 7. The van der Waals surface area contributed by atoms with Crippen molar-refractivity contribution in [2.24, 2.45) is 5.92 Å². The molecule has 0 heterocycles. The van der Waals surface area contributed by atoms with Gasteiger partial charge in [-0.25, -0.2) is 0 Å². The van der Waals surface area contributed by atoms with Gasteiger partial charge in [0.1, 0.15) is 6.29 Å². The van der Waals surface area contributed by atoms with Gasteiger partial charge in [0.2, 0.25) is 0 Å². The molecule has 0 aliphatic rings. The Kier molecular flexibility index (Phi) is 6.19. The minimum atomic E-state index is 0.537. The Hall–Kier alpha value is -1.03. The fourth-order valence-corrected chi connectivity index (χ4v) is 2.03. The highest BCUT2D eigenvalue weighted by Gasteiger charge is 2.12. The number of halogens is 1. The van der Waals surface area contributed by atoms with Gasteiger partial charge in [-0.05, 0) is 47.3 Å². The molecule has 0 aliphatic carbocycles. The summed E-state index contributed by atoms with van der Waals surface area (Å²) in [4.78, 5) is 10.8. The molecule has 0 aliphatic heterocycles. The number of hydrogen-bond donors (Lipinski definition) is 0. The average Bonchev–Trinajstić information content (AvgIpc) is 2.32. The second-order valence-electron chi connectivity index (χ2n) is 4.41. The molecule has 3 nitrogen and oxygen atoms in total. The third-order valence-corrected chi connectivity index (χ3v) is 3.00. The first-order valence-corrected chi connectivity index (χ1v) is 6.92. The van der Waals surface area contributed by atoms with E-state index in [1.165, 1.54) is 0 Å². The predicted octanol–water partition coefficient (Wildman–Crippen LogP) is 4.09. The third kappa shape index (κ3) is 4.33. The van der Waals surface area contributed by atoms with Crippen LogP contribution >= 0.6 is 15.9 Å². The summed E-state index contributed by atoms with van der Waals surface area (Å²) in [5.41, 5.74) is 0.571. The number of carbonyl (C=O) groups is 1. The van der Waals surface area contributed by atoms with Crippen LogP contribution in [0.25, 0.3) is 0 Å². The molecule has 100 valence electrons. The van der Waals surface area contributed by atoms with E-state index in [-0.39, 0.29) is 0 Å². The number of ether oxygens (including phenoxy) is 2. The zero-order chi connectivity index (χ0) is 13.5. The molecule has 0 fully saturated rings. The minimum absolute atomic E-state index is 0.537. The van der Waals surface area contributed by atoms with Gasteiger partial charge in [0.05, 0.1) is 17.7 Å². The van der Waals surface area contributed by atoms with E-state index in [1.807, 2.05) is 6.92 Å². The molecule has 1 aromatic rings. The maximum absolute atomic E-state index is 10.8. The molecule has 0 N–H and O–H groups in total. The molecule has 1 aromatic carbocycles. The smallest absolute Gasteiger partial charge is 0.175 e. The van der Waals surface area contributed by atoms with Gasteiger partial charge in [-0.1, -0.05) is 13.8 Å². The first-order valence-electron chi connectivity index (χ1n) is 6.12. The van der Waals surface area contributed by atoms with Crippen LogP contribution in [0, 0.1) is 5.92 Å². The quantitative estimate of drug-likeness (QED) is 0.711. The summed E-state index contributed by atoms with van der Waals surface area (Å²) >= 11 is 3.41. The molecule has 4 heteroatoms. The number of carbonyl (C=O) groups excluding carboxylic acids is 1. The van der Waals surface area contributed by atoms with E-state index < -0.39 is 0 Å². The van der Waals surface area contributed by atoms with Crippen molar-refractivity contribution >= 4 is 22.2 Å². The summed E-state index contributed by atoms with van der Waals surface area (Å²) in [5.74, 6) is 1.87. The van der Waals surface area contributed by atoms with Crippen LogP contribution in [0.1, 0.15) is 37.6 Å². The predicted molar refractivity (Wildman–Crippen MR) is 75.6 cm³/mol. The lowest BCUT2D eigenvalue weighted by Crippen LogP contribution is -2.04. The molecule has 0 aromatic heterocycles. The summed E-state index contributed by atoms with van der Waals surface area (Å²) in [5, 5.41) is 0. The van der Waals surface area contributed by atoms with Gasteiger partial charge in [0.15, 0.2) is 11.5 Å². The Balaban J connectivity index is 2.89. The Morgan fingerprint density at radius 1 is 1.33 bits per heavy atom. The van der Waals surface area contributed by atoms with Crippen molar-refractivity contribution in [3.63, 3.8) is 0 Å². The highest BCUT2D eigenvalue weighted by Crippen LogP contribution is 2.36. The zero-order valence-electron chi connectivity index (χ0n) is 11.0. The van der Waals surface area contributed by atoms with Crippen LogP contribution in [-0.2, 0) is 0 Å². The van der Waals surface area contributed by atoms with Crippen LogP contribution < -0.4 is 9.47 Å². The van der Waals surface area contributed by atoms with Crippen molar-refractivity contribution < 1.29 is 14.3 Å². The van der Waals surface area contributed by atoms with Gasteiger partial charge in [-0.3, -0.25) is 4.79 Å². The zero-order valence-corrected chi connectivity index (χ0v) is 12.6. The van der Waals surface area contributed by atoms with Gasteiger partial charge >= 0.3 is 0 Å². The summed E-state index contributed by atoms with van der Waals surface area (Å²) in [7, 11) is 0. The Labute approximate surface area is 117 Å². The second-order valence-corrected chi connectivity index (χ2v) is 5.27. The van der Waals surface area contributed by atoms with E-state index in [9.17, 15) is 4.79 Å². The molecular formula is C14H19BrO3. The third-order valence-electron chi connectivity index (χ3n) is 2.41. The van der Waals surface area contributed by atoms with Gasteiger partial charge in [0.25, 0.3) is 0 Å². The Morgan fingerprint density at radius 2 is 2.06 bits per heavy atom. The topological polar surface area (TPSA) is 35.5 Å². The van der Waals surface area contributed by atoms with E-state index in [0.29, 0.717) is 36.2 Å². The van der Waals surface area contributed by atoms with Crippen molar-refractivity contribution in [2.45, 2.75) is 27.2 Å². The van der Waals surface area contributed by atoms with E-state index in [2.05, 4.69) is 29.8 Å². The van der Waals surface area contributed by atoms with Crippen LogP contribution in [0.3, 0.4) is 0 Å². The molecule has 0 radical (unpaired) electrons. The summed E-state index contributed by atoms with van der Waals surface area (Å²) < 4.78 is 12.0. The van der Waals surface area contributed by atoms with Crippen molar-refractivity contribution in [1.29, 1.82) is 0 Å². The molecule has 0 unspecified atom stereocenters. The first-order chi connectivity index (χ1) is 8.58. The van der Waals surface area contributed by atoms with Crippen LogP contribution in [0.5, 0.6) is 11.5 Å². The highest BCUT2D eigenvalue weighted by atomic mass is 79.9. The molecule has 0 saturated carbocycles. The Morgan fingerprint density at radius 3 is 2.61 bits per heavy atom. The van der Waals surface area contributed by atoms with Crippen molar-refractivity contribution in [3.05, 3.63) is 22.2 Å². The van der Waals surface area contributed by atoms with Crippen LogP contribution in [0.15, 0.2) is 16.6 Å². The standard InChI is InChI=1S/C14H19BrO3/c1-4-17-13-8-11(9-16)7-12(15)14(13)18-6-5-10(2)3/h7-10H,4-6H2,1-3H3. The summed E-state index contributed by atoms with van der Waals surface area (Å²) in [6, 6.07) is 3.44. The largest absolute Gasteiger partial charge is 0.490 e. The average molecular weight is 315 g/mol. The molecule has 18 heavy (non-hydrogen) atoms. The fraction of sp³-hybridized carbons (Fsp3) is 0.500. The van der Waals surface area contributed by atoms with Crippen molar-refractivity contribution in [3.8, 4) is 11.5 Å². The fourth-order valence-electron chi connectivity index (χ4n) is 1.46. The molecule has 0 amide bonds. The number of hydrogen-bond acceptors (Lipinski definition) is 3. The maximum atomic E-state index is 10.8. The normalized spacial score (nSPS) is 10.5. The SMILES string of the molecule is CCOc1cc(C=O)cc(Br)c1OCCC(C)C. The van der Waals surface area contributed by atoms with Gasteiger partial charge < -0.3 is 9.47 Å². The van der Waals surface area contributed by atoms with Crippen molar-refractivity contribution in [1.82, 2.24) is 0 Å². The summed E-state index contributed by atoms with van der Waals surface area (Å²) in [6.45, 7) is 7.38. The second kappa shape index (κ2) is 7.41. The first kappa shape index (κ1) is 15.0. The molecule has 1 rings (SSSR count). The molecular weight excluding hydrogens is 296 g/mol. The Bertz CT molecular complexity index is 402. The van der Waals surface area contributed by atoms with Gasteiger partial charge in [-0.2, -0.15) is 0 Å². The lowest BCUT2D eigenvalue weighted by atomic mass is 10.1. The van der Waals surface area contributed by atoms with E-state index in [4.69, 9.17) is 9.47 Å². The lowest BCUT2D eigenvalue weighted by Gasteiger charge is -2.15. The molecule has 0 saturated heterocycles. The van der Waals surface area contributed by atoms with E-state index >= 15 is 0 Å². The van der Waals surface area contributed by atoms with Crippen LogP contribution in [-0.4, -0.2) is 19.5 Å². The monoisotopic (exact) mass is 314 g/mol. The van der Waals surface area contributed by atoms with E-state index in [1.54, 1.807) is 12.1 Å². The number of aldehydes is 1. The molecule has 0 bridgehead atoms. The van der Waals surface area contributed by atoms with Gasteiger partial charge in [-0.15, -0.1) is 0 Å². The number of benzene rings is 1. The van der Waals surface area contributed by atoms with Gasteiger partial charge in [0, 0.05) is 5.56 Å². The molecule has 0 spiro atoms. The summed E-state index contributed by atoms with van der Waals surface area (Å²) in [6.07, 6.45) is 1.78. The molecule has 0 atom stereocenters. The lowest BCUT2D eigenvalue weighted by molar-refractivity contribution is 0.112.